The number of hydrogen-bond donors (Lipinski definition) is 2. The van der Waals surface area contributed by atoms with Gasteiger partial charge in [-0.2, -0.15) is 0 Å². The molecule has 1 aliphatic heterocycles. The summed E-state index contributed by atoms with van der Waals surface area (Å²) in [5, 5.41) is 13.1. The van der Waals surface area contributed by atoms with Crippen LogP contribution < -0.4 is 10.1 Å². The summed E-state index contributed by atoms with van der Waals surface area (Å²) in [6.45, 7) is 1.39. The molecule has 0 radical (unpaired) electrons. The van der Waals surface area contributed by atoms with Gasteiger partial charge in [-0.25, -0.2) is 0 Å². The van der Waals surface area contributed by atoms with Crippen LogP contribution in [0.15, 0.2) is 24.3 Å². The molecule has 0 aromatic heterocycles. The van der Waals surface area contributed by atoms with E-state index in [-0.39, 0.29) is 11.9 Å². The van der Waals surface area contributed by atoms with E-state index in [1.165, 1.54) is 0 Å². The molecule has 2 N–H and O–H groups in total. The topological polar surface area (TPSA) is 61.8 Å². The second-order valence-corrected chi connectivity index (χ2v) is 5.35. The number of rotatable bonds is 5. The van der Waals surface area contributed by atoms with Gasteiger partial charge in [0, 0.05) is 18.6 Å². The van der Waals surface area contributed by atoms with E-state index in [1.54, 1.807) is 36.2 Å². The van der Waals surface area contributed by atoms with Gasteiger partial charge >= 0.3 is 0 Å². The Balaban J connectivity index is 1.73. The highest BCUT2D eigenvalue weighted by molar-refractivity contribution is 6.30. The lowest BCUT2D eigenvalue weighted by Gasteiger charge is -2.21. The first kappa shape index (κ1) is 15.1. The lowest BCUT2D eigenvalue weighted by Crippen LogP contribution is -2.43. The number of carbonyl (C=O) groups excluding carboxylic acids is 1. The Bertz CT molecular complexity index is 452. The molecule has 1 aromatic carbocycles. The molecule has 1 fully saturated rings. The maximum Gasteiger partial charge on any atom is 0.239 e. The first-order chi connectivity index (χ1) is 9.56. The highest BCUT2D eigenvalue weighted by Crippen LogP contribution is 2.15. The SMILES string of the molecule is CN(CCOc1ccc(Cl)cc1)C(=O)[C@@H]1C[C@@H](O)CN1. The van der Waals surface area contributed by atoms with Gasteiger partial charge in [0.05, 0.1) is 18.7 Å². The Hall–Kier alpha value is -1.30. The van der Waals surface area contributed by atoms with Crippen molar-refractivity contribution in [3.8, 4) is 5.75 Å². The zero-order valence-corrected chi connectivity index (χ0v) is 12.1. The van der Waals surface area contributed by atoms with E-state index in [9.17, 15) is 9.90 Å². The number of halogens is 1. The van der Waals surface area contributed by atoms with Crippen molar-refractivity contribution < 1.29 is 14.6 Å². The number of benzene rings is 1. The highest BCUT2D eigenvalue weighted by Gasteiger charge is 2.29. The number of nitrogens with zero attached hydrogens (tertiary/aromatic N) is 1. The molecule has 0 spiro atoms. The van der Waals surface area contributed by atoms with E-state index in [1.807, 2.05) is 0 Å². The molecular weight excluding hydrogens is 280 g/mol. The molecule has 110 valence electrons. The maximum absolute atomic E-state index is 12.1. The number of hydrogen-bond acceptors (Lipinski definition) is 4. The van der Waals surface area contributed by atoms with Crippen molar-refractivity contribution in [3.05, 3.63) is 29.3 Å². The van der Waals surface area contributed by atoms with Crippen molar-refractivity contribution >= 4 is 17.5 Å². The molecule has 0 unspecified atom stereocenters. The Labute approximate surface area is 123 Å². The summed E-state index contributed by atoms with van der Waals surface area (Å²) in [7, 11) is 1.74. The minimum absolute atomic E-state index is 0.0127. The molecule has 1 heterocycles. The molecule has 0 saturated carbocycles. The van der Waals surface area contributed by atoms with Crippen LogP contribution in [0.1, 0.15) is 6.42 Å². The van der Waals surface area contributed by atoms with E-state index < -0.39 is 6.10 Å². The van der Waals surface area contributed by atoms with E-state index in [0.717, 1.165) is 5.75 Å². The third kappa shape index (κ3) is 4.10. The Morgan fingerprint density at radius 3 is 2.80 bits per heavy atom. The summed E-state index contributed by atoms with van der Waals surface area (Å²) in [4.78, 5) is 13.7. The fraction of sp³-hybridized carbons (Fsp3) is 0.500. The zero-order chi connectivity index (χ0) is 14.5. The molecule has 2 atom stereocenters. The number of carbonyl (C=O) groups is 1. The number of nitrogens with one attached hydrogen (secondary N) is 1. The second-order valence-electron chi connectivity index (χ2n) is 4.91. The van der Waals surface area contributed by atoms with Crippen LogP contribution in [0.3, 0.4) is 0 Å². The van der Waals surface area contributed by atoms with Gasteiger partial charge < -0.3 is 20.1 Å². The van der Waals surface area contributed by atoms with Crippen LogP contribution in [0.2, 0.25) is 5.02 Å². The normalized spacial score (nSPS) is 21.8. The largest absolute Gasteiger partial charge is 0.492 e. The lowest BCUT2D eigenvalue weighted by atomic mass is 10.2. The lowest BCUT2D eigenvalue weighted by molar-refractivity contribution is -0.132. The van der Waals surface area contributed by atoms with E-state index in [4.69, 9.17) is 16.3 Å². The van der Waals surface area contributed by atoms with Gasteiger partial charge in [0.25, 0.3) is 0 Å². The van der Waals surface area contributed by atoms with Gasteiger partial charge in [0.2, 0.25) is 5.91 Å². The third-order valence-corrected chi connectivity index (χ3v) is 3.54. The highest BCUT2D eigenvalue weighted by atomic mass is 35.5. The van der Waals surface area contributed by atoms with Crippen LogP contribution in [0.5, 0.6) is 5.75 Å². The van der Waals surface area contributed by atoms with Crippen molar-refractivity contribution in [2.75, 3.05) is 26.7 Å². The Kier molecular flexibility index (Phi) is 5.23. The molecule has 0 bridgehead atoms. The van der Waals surface area contributed by atoms with Gasteiger partial charge in [-0.05, 0) is 30.7 Å². The van der Waals surface area contributed by atoms with E-state index >= 15 is 0 Å². The molecule has 0 aliphatic carbocycles. The van der Waals surface area contributed by atoms with E-state index in [2.05, 4.69) is 5.32 Å². The van der Waals surface area contributed by atoms with Crippen LogP contribution in [0, 0.1) is 0 Å². The summed E-state index contributed by atoms with van der Waals surface area (Å²) in [6, 6.07) is 6.81. The molecule has 6 heteroatoms. The number of aliphatic hydroxyl groups is 1. The fourth-order valence-corrected chi connectivity index (χ4v) is 2.24. The van der Waals surface area contributed by atoms with Crippen LogP contribution in [-0.4, -0.2) is 54.8 Å². The fourth-order valence-electron chi connectivity index (χ4n) is 2.11. The number of β-amino-alcohol motifs (C(OH)–C–C–N with tert-alkyl or cyclic N) is 1. The Morgan fingerprint density at radius 1 is 1.50 bits per heavy atom. The monoisotopic (exact) mass is 298 g/mol. The van der Waals surface area contributed by atoms with Gasteiger partial charge in [0.15, 0.2) is 0 Å². The first-order valence-electron chi connectivity index (χ1n) is 6.61. The number of aliphatic hydroxyl groups excluding tert-OH is 1. The Morgan fingerprint density at radius 2 is 2.20 bits per heavy atom. The standard InChI is InChI=1S/C14H19ClN2O3/c1-17(14(19)13-8-11(18)9-16-13)6-7-20-12-4-2-10(15)3-5-12/h2-5,11,13,16,18H,6-9H2,1H3/t11-,13+/m1/s1. The first-order valence-corrected chi connectivity index (χ1v) is 6.99. The minimum Gasteiger partial charge on any atom is -0.492 e. The summed E-state index contributed by atoms with van der Waals surface area (Å²) in [5.74, 6) is 0.714. The predicted molar refractivity (Wildman–Crippen MR) is 77.0 cm³/mol. The van der Waals surface area contributed by atoms with Crippen molar-refractivity contribution in [2.24, 2.45) is 0 Å². The number of likely N-dealkylation sites (N-methyl/N-ethyl adjacent to an activating group) is 1. The minimum atomic E-state index is -0.428. The van der Waals surface area contributed by atoms with Gasteiger partial charge in [-0.3, -0.25) is 4.79 Å². The van der Waals surface area contributed by atoms with E-state index in [0.29, 0.717) is 31.1 Å². The maximum atomic E-state index is 12.1. The van der Waals surface area contributed by atoms with Gasteiger partial charge in [-0.15, -0.1) is 0 Å². The van der Waals surface area contributed by atoms with Crippen LogP contribution >= 0.6 is 11.6 Å². The zero-order valence-electron chi connectivity index (χ0n) is 11.4. The third-order valence-electron chi connectivity index (χ3n) is 3.29. The summed E-state index contributed by atoms with van der Waals surface area (Å²) in [6.07, 6.45) is 0.0453. The average molecular weight is 299 g/mol. The molecule has 1 saturated heterocycles. The quantitative estimate of drug-likeness (QED) is 0.848. The van der Waals surface area contributed by atoms with Crippen molar-refractivity contribution in [3.63, 3.8) is 0 Å². The summed E-state index contributed by atoms with van der Waals surface area (Å²) < 4.78 is 5.54. The summed E-state index contributed by atoms with van der Waals surface area (Å²) in [5.41, 5.74) is 0. The number of ether oxygens (including phenoxy) is 1. The summed E-state index contributed by atoms with van der Waals surface area (Å²) >= 11 is 5.79. The molecule has 5 nitrogen and oxygen atoms in total. The number of amides is 1. The van der Waals surface area contributed by atoms with Crippen LogP contribution in [0.4, 0.5) is 0 Å². The molecule has 1 aromatic rings. The molecular formula is C14H19ClN2O3. The average Bonchev–Trinajstić information content (AvgIpc) is 2.86. The molecule has 2 rings (SSSR count). The van der Waals surface area contributed by atoms with Crippen LogP contribution in [-0.2, 0) is 4.79 Å². The van der Waals surface area contributed by atoms with Crippen molar-refractivity contribution in [1.29, 1.82) is 0 Å². The van der Waals surface area contributed by atoms with Gasteiger partial charge in [0.1, 0.15) is 12.4 Å². The van der Waals surface area contributed by atoms with Crippen molar-refractivity contribution in [1.82, 2.24) is 10.2 Å². The van der Waals surface area contributed by atoms with Crippen molar-refractivity contribution in [2.45, 2.75) is 18.6 Å². The van der Waals surface area contributed by atoms with Crippen LogP contribution in [0.25, 0.3) is 0 Å². The molecule has 1 aliphatic rings. The second kappa shape index (κ2) is 6.92. The van der Waals surface area contributed by atoms with Gasteiger partial charge in [-0.1, -0.05) is 11.6 Å². The molecule has 20 heavy (non-hydrogen) atoms. The molecule has 1 amide bonds. The predicted octanol–water partition coefficient (Wildman–Crippen LogP) is 0.900. The smallest absolute Gasteiger partial charge is 0.239 e.